The number of fused-ring (bicyclic) bond motifs is 1. The average molecular weight is 309 g/mol. The Hall–Kier alpha value is -1.24. The second-order valence-corrected chi connectivity index (χ2v) is 6.33. The van der Waals surface area contributed by atoms with E-state index >= 15 is 0 Å². The number of rotatable bonds is 8. The van der Waals surface area contributed by atoms with Gasteiger partial charge in [-0.15, -0.1) is 0 Å². The van der Waals surface area contributed by atoms with Crippen molar-refractivity contribution >= 4 is 22.8 Å². The fourth-order valence-corrected chi connectivity index (χ4v) is 2.95. The highest BCUT2D eigenvalue weighted by Crippen LogP contribution is 2.24. The minimum atomic E-state index is -0.443. The zero-order valence-corrected chi connectivity index (χ0v) is 13.4. The van der Waals surface area contributed by atoms with Gasteiger partial charge in [0.15, 0.2) is 5.16 Å². The van der Waals surface area contributed by atoms with E-state index in [1.807, 2.05) is 25.1 Å². The molecule has 0 spiro atoms. The molecule has 1 aromatic carbocycles. The lowest BCUT2D eigenvalue weighted by atomic mass is 9.93. The quantitative estimate of drug-likeness (QED) is 0.515. The molecule has 0 fully saturated rings. The van der Waals surface area contributed by atoms with E-state index in [2.05, 4.69) is 9.97 Å². The van der Waals surface area contributed by atoms with E-state index in [4.69, 9.17) is 10.5 Å². The molecule has 2 rings (SSSR count). The van der Waals surface area contributed by atoms with Crippen molar-refractivity contribution in [2.45, 2.75) is 36.9 Å². The van der Waals surface area contributed by atoms with Crippen molar-refractivity contribution < 1.29 is 9.84 Å². The molecule has 0 amide bonds. The number of aliphatic hydroxyl groups excluding tert-OH is 1. The normalized spacial score (nSPS) is 14.3. The fraction of sp³-hybridized carbons (Fsp3) is 0.533. The highest BCUT2D eigenvalue weighted by molar-refractivity contribution is 7.99. The molecule has 4 N–H and O–H groups in total. The Kier molecular flexibility index (Phi) is 5.50. The first-order valence-corrected chi connectivity index (χ1v) is 8.15. The number of aromatic amines is 1. The van der Waals surface area contributed by atoms with Gasteiger partial charge in [0.2, 0.25) is 0 Å². The van der Waals surface area contributed by atoms with Crippen LogP contribution in [0.3, 0.4) is 0 Å². The van der Waals surface area contributed by atoms with E-state index in [-0.39, 0.29) is 6.61 Å². The van der Waals surface area contributed by atoms with Crippen LogP contribution in [0.4, 0.5) is 0 Å². The third-order valence-electron chi connectivity index (χ3n) is 3.74. The van der Waals surface area contributed by atoms with Gasteiger partial charge in [-0.2, -0.15) is 0 Å². The van der Waals surface area contributed by atoms with Crippen LogP contribution >= 0.6 is 11.8 Å². The predicted octanol–water partition coefficient (Wildman–Crippen LogP) is 2.54. The number of methoxy groups -OCH3 is 1. The maximum Gasteiger partial charge on any atom is 0.166 e. The molecular weight excluding hydrogens is 286 g/mol. The van der Waals surface area contributed by atoms with Crippen LogP contribution in [0.15, 0.2) is 23.4 Å². The molecule has 0 radical (unpaired) electrons. The number of hydrogen-bond acceptors (Lipinski definition) is 5. The number of aliphatic hydroxyl groups is 1. The maximum atomic E-state index is 9.28. The van der Waals surface area contributed by atoms with Crippen LogP contribution in [-0.4, -0.2) is 40.1 Å². The number of imidazole rings is 1. The molecule has 0 saturated carbocycles. The van der Waals surface area contributed by atoms with Crippen LogP contribution in [0, 0.1) is 0 Å². The zero-order valence-electron chi connectivity index (χ0n) is 12.6. The van der Waals surface area contributed by atoms with E-state index in [9.17, 15) is 5.11 Å². The fourth-order valence-electron chi connectivity index (χ4n) is 2.12. The number of nitrogens with one attached hydrogen (secondary N) is 1. The minimum Gasteiger partial charge on any atom is -0.497 e. The summed E-state index contributed by atoms with van der Waals surface area (Å²) in [6.07, 6.45) is 2.57. The van der Waals surface area contributed by atoms with Gasteiger partial charge in [-0.25, -0.2) is 4.98 Å². The smallest absolute Gasteiger partial charge is 0.166 e. The number of nitrogens with two attached hydrogens (primary N) is 1. The van der Waals surface area contributed by atoms with Gasteiger partial charge in [0, 0.05) is 17.4 Å². The summed E-state index contributed by atoms with van der Waals surface area (Å²) in [5, 5.41) is 10.2. The summed E-state index contributed by atoms with van der Waals surface area (Å²) >= 11 is 1.68. The van der Waals surface area contributed by atoms with Crippen LogP contribution < -0.4 is 10.5 Å². The Balaban J connectivity index is 1.89. The van der Waals surface area contributed by atoms with Crippen molar-refractivity contribution in [1.29, 1.82) is 0 Å². The van der Waals surface area contributed by atoms with Gasteiger partial charge in [-0.3, -0.25) is 0 Å². The summed E-state index contributed by atoms with van der Waals surface area (Å²) in [5.41, 5.74) is 7.55. The topological polar surface area (TPSA) is 84.2 Å². The molecule has 0 aliphatic carbocycles. The van der Waals surface area contributed by atoms with Crippen LogP contribution in [0.1, 0.15) is 26.2 Å². The van der Waals surface area contributed by atoms with Gasteiger partial charge in [0.25, 0.3) is 0 Å². The number of hydrogen-bond donors (Lipinski definition) is 3. The summed E-state index contributed by atoms with van der Waals surface area (Å²) in [7, 11) is 1.65. The number of H-pyrrole nitrogens is 1. The third-order valence-corrected chi connectivity index (χ3v) is 4.70. The molecule has 1 aromatic heterocycles. The van der Waals surface area contributed by atoms with Crippen LogP contribution in [0.2, 0.25) is 0 Å². The number of aromatic nitrogens is 2. The molecule has 0 aliphatic heterocycles. The van der Waals surface area contributed by atoms with Crippen molar-refractivity contribution in [3.05, 3.63) is 18.2 Å². The lowest BCUT2D eigenvalue weighted by Gasteiger charge is -2.25. The monoisotopic (exact) mass is 309 g/mol. The Morgan fingerprint density at radius 1 is 1.48 bits per heavy atom. The molecule has 5 nitrogen and oxygen atoms in total. The molecule has 21 heavy (non-hydrogen) atoms. The Morgan fingerprint density at radius 3 is 2.95 bits per heavy atom. The number of thioether (sulfide) groups is 1. The highest BCUT2D eigenvalue weighted by atomic mass is 32.2. The average Bonchev–Trinajstić information content (AvgIpc) is 2.93. The second kappa shape index (κ2) is 7.15. The molecule has 2 aromatic rings. The first kappa shape index (κ1) is 16.1. The second-order valence-electron chi connectivity index (χ2n) is 5.25. The van der Waals surface area contributed by atoms with Gasteiger partial charge in [0.1, 0.15) is 5.75 Å². The third kappa shape index (κ3) is 4.12. The number of benzene rings is 1. The van der Waals surface area contributed by atoms with Gasteiger partial charge in [0.05, 0.1) is 24.8 Å². The molecular formula is C15H23N3O2S. The number of nitrogens with zero attached hydrogens (tertiary/aromatic N) is 1. The molecule has 6 heteroatoms. The SMILES string of the molecule is CCC(N)(CO)CCCSc1nc2ccc(OC)cc2[nH]1. The van der Waals surface area contributed by atoms with E-state index < -0.39 is 5.54 Å². The number of ether oxygens (including phenoxy) is 1. The van der Waals surface area contributed by atoms with Crippen molar-refractivity contribution in [2.24, 2.45) is 5.73 Å². The van der Waals surface area contributed by atoms with Gasteiger partial charge >= 0.3 is 0 Å². The van der Waals surface area contributed by atoms with E-state index in [1.165, 1.54) is 0 Å². The summed E-state index contributed by atoms with van der Waals surface area (Å²) in [5.74, 6) is 1.75. The predicted molar refractivity (Wildman–Crippen MR) is 86.9 cm³/mol. The Morgan fingerprint density at radius 2 is 2.29 bits per heavy atom. The maximum absolute atomic E-state index is 9.28. The minimum absolute atomic E-state index is 0.0403. The van der Waals surface area contributed by atoms with Crippen molar-refractivity contribution in [3.8, 4) is 5.75 Å². The molecule has 0 bridgehead atoms. The first-order valence-electron chi connectivity index (χ1n) is 7.16. The Labute approximate surface area is 129 Å². The molecule has 1 unspecified atom stereocenters. The van der Waals surface area contributed by atoms with Crippen molar-refractivity contribution in [3.63, 3.8) is 0 Å². The molecule has 1 heterocycles. The van der Waals surface area contributed by atoms with Crippen LogP contribution in [-0.2, 0) is 0 Å². The molecule has 0 saturated heterocycles. The molecule has 0 aliphatic rings. The lowest BCUT2D eigenvalue weighted by Crippen LogP contribution is -2.42. The Bertz CT molecular complexity index is 581. The van der Waals surface area contributed by atoms with Gasteiger partial charge < -0.3 is 20.6 Å². The van der Waals surface area contributed by atoms with Crippen LogP contribution in [0.5, 0.6) is 5.75 Å². The highest BCUT2D eigenvalue weighted by Gasteiger charge is 2.20. The summed E-state index contributed by atoms with van der Waals surface area (Å²) in [6.45, 7) is 2.05. The summed E-state index contributed by atoms with van der Waals surface area (Å²) in [6, 6.07) is 5.80. The summed E-state index contributed by atoms with van der Waals surface area (Å²) < 4.78 is 5.20. The zero-order chi connectivity index (χ0) is 15.3. The first-order chi connectivity index (χ1) is 10.1. The van der Waals surface area contributed by atoms with Crippen LogP contribution in [0.25, 0.3) is 11.0 Å². The molecule has 116 valence electrons. The lowest BCUT2D eigenvalue weighted by molar-refractivity contribution is 0.182. The van der Waals surface area contributed by atoms with E-state index in [0.717, 1.165) is 47.0 Å². The standard InChI is InChI=1S/C15H23N3O2S/c1-3-15(16,10-19)7-4-8-21-14-17-12-6-5-11(20-2)9-13(12)18-14/h5-6,9,19H,3-4,7-8,10,16H2,1-2H3,(H,17,18). The molecule has 1 atom stereocenters. The van der Waals surface area contributed by atoms with Gasteiger partial charge in [-0.05, 0) is 31.4 Å². The largest absolute Gasteiger partial charge is 0.497 e. The van der Waals surface area contributed by atoms with E-state index in [0.29, 0.717) is 0 Å². The van der Waals surface area contributed by atoms with Crippen molar-refractivity contribution in [2.75, 3.05) is 19.5 Å². The van der Waals surface area contributed by atoms with Gasteiger partial charge in [-0.1, -0.05) is 18.7 Å². The van der Waals surface area contributed by atoms with E-state index in [1.54, 1.807) is 18.9 Å². The van der Waals surface area contributed by atoms with Crippen molar-refractivity contribution in [1.82, 2.24) is 9.97 Å². The summed E-state index contributed by atoms with van der Waals surface area (Å²) in [4.78, 5) is 7.82.